The van der Waals surface area contributed by atoms with E-state index in [1.807, 2.05) is 37.4 Å². The van der Waals surface area contributed by atoms with E-state index in [1.54, 1.807) is 0 Å². The molecule has 0 aromatic carbocycles. The molecule has 0 bridgehead atoms. The van der Waals surface area contributed by atoms with Gasteiger partial charge in [-0.2, -0.15) is 0 Å². The smallest absolute Gasteiger partial charge is 0.194 e. The molecule has 0 aromatic rings. The Labute approximate surface area is 117 Å². The predicted molar refractivity (Wildman–Crippen MR) is 80.9 cm³/mol. The van der Waals surface area contributed by atoms with E-state index in [0.717, 1.165) is 18.6 Å². The molecule has 1 aliphatic heterocycles. The first kappa shape index (κ1) is 15.7. The van der Waals surface area contributed by atoms with Crippen molar-refractivity contribution in [3.05, 3.63) is 0 Å². The SMILES string of the molecule is CCSC(=O)[C@@H](C)[C@H](O)CCC1SCCCS1. The lowest BCUT2D eigenvalue weighted by Crippen LogP contribution is -2.25. The third kappa shape index (κ3) is 5.90. The van der Waals surface area contributed by atoms with Gasteiger partial charge in [-0.15, -0.1) is 23.5 Å². The third-order valence-electron chi connectivity index (χ3n) is 2.83. The Bertz CT molecular complexity index is 230. The van der Waals surface area contributed by atoms with Crippen LogP contribution in [0.5, 0.6) is 0 Å². The van der Waals surface area contributed by atoms with Gasteiger partial charge >= 0.3 is 0 Å². The fraction of sp³-hybridized carbons (Fsp3) is 0.917. The molecule has 0 unspecified atom stereocenters. The second kappa shape index (κ2) is 8.73. The molecule has 1 fully saturated rings. The predicted octanol–water partition coefficient (Wildman–Crippen LogP) is 3.24. The van der Waals surface area contributed by atoms with Crippen LogP contribution in [0.3, 0.4) is 0 Å². The minimum absolute atomic E-state index is 0.129. The molecule has 1 aliphatic rings. The molecule has 0 spiro atoms. The van der Waals surface area contributed by atoms with Crippen LogP contribution in [0.4, 0.5) is 0 Å². The number of thioether (sulfide) groups is 3. The molecule has 0 aromatic heterocycles. The van der Waals surface area contributed by atoms with E-state index in [0.29, 0.717) is 4.58 Å². The zero-order chi connectivity index (χ0) is 12.7. The zero-order valence-corrected chi connectivity index (χ0v) is 13.0. The molecule has 5 heteroatoms. The molecule has 1 N–H and O–H groups in total. The van der Waals surface area contributed by atoms with Gasteiger partial charge in [0.25, 0.3) is 0 Å². The Balaban J connectivity index is 2.22. The average Bonchev–Trinajstić information content (AvgIpc) is 2.36. The van der Waals surface area contributed by atoms with Gasteiger partial charge < -0.3 is 5.11 Å². The van der Waals surface area contributed by atoms with Crippen molar-refractivity contribution < 1.29 is 9.90 Å². The fourth-order valence-corrected chi connectivity index (χ4v) is 5.29. The van der Waals surface area contributed by atoms with Crippen LogP contribution in [0.15, 0.2) is 0 Å². The van der Waals surface area contributed by atoms with Crippen molar-refractivity contribution in [2.45, 2.75) is 43.8 Å². The van der Waals surface area contributed by atoms with Gasteiger partial charge in [-0.1, -0.05) is 25.6 Å². The number of hydrogen-bond donors (Lipinski definition) is 1. The van der Waals surface area contributed by atoms with E-state index in [9.17, 15) is 9.90 Å². The van der Waals surface area contributed by atoms with Gasteiger partial charge in [0.2, 0.25) is 0 Å². The summed E-state index contributed by atoms with van der Waals surface area (Å²) >= 11 is 5.31. The first-order valence-electron chi connectivity index (χ1n) is 6.23. The molecule has 0 radical (unpaired) electrons. The molecule has 0 amide bonds. The molecule has 0 aliphatic carbocycles. The Morgan fingerprint density at radius 3 is 2.71 bits per heavy atom. The number of rotatable bonds is 6. The van der Waals surface area contributed by atoms with E-state index < -0.39 is 6.10 Å². The first-order valence-corrected chi connectivity index (χ1v) is 9.31. The molecular weight excluding hydrogens is 272 g/mol. The van der Waals surface area contributed by atoms with E-state index in [1.165, 1.54) is 29.7 Å². The highest BCUT2D eigenvalue weighted by Crippen LogP contribution is 2.34. The standard InChI is InChI=1S/C12H22O2S3/c1-3-15-12(14)9(2)10(13)5-6-11-16-7-4-8-17-11/h9-11,13H,3-8H2,1-2H3/t9-,10+/m0/s1. The van der Waals surface area contributed by atoms with E-state index >= 15 is 0 Å². The maximum Gasteiger partial charge on any atom is 0.194 e. The van der Waals surface area contributed by atoms with E-state index in [-0.39, 0.29) is 11.0 Å². The highest BCUT2D eigenvalue weighted by atomic mass is 32.2. The summed E-state index contributed by atoms with van der Waals surface area (Å²) in [5.74, 6) is 3.06. The molecular formula is C12H22O2S3. The molecule has 2 atom stereocenters. The summed E-state index contributed by atoms with van der Waals surface area (Å²) in [5, 5.41) is 10.1. The monoisotopic (exact) mass is 294 g/mol. The van der Waals surface area contributed by atoms with Crippen LogP contribution in [-0.4, -0.2) is 38.2 Å². The van der Waals surface area contributed by atoms with Gasteiger partial charge in [-0.05, 0) is 36.5 Å². The van der Waals surface area contributed by atoms with Crippen molar-refractivity contribution in [2.75, 3.05) is 17.3 Å². The Kier molecular flexibility index (Phi) is 8.08. The summed E-state index contributed by atoms with van der Waals surface area (Å²) in [4.78, 5) is 11.6. The van der Waals surface area contributed by atoms with Gasteiger partial charge in [0.1, 0.15) is 0 Å². The van der Waals surface area contributed by atoms with Gasteiger partial charge in [0.05, 0.1) is 16.6 Å². The number of aliphatic hydroxyl groups excluding tert-OH is 1. The van der Waals surface area contributed by atoms with Crippen molar-refractivity contribution in [1.82, 2.24) is 0 Å². The van der Waals surface area contributed by atoms with Gasteiger partial charge in [-0.3, -0.25) is 4.79 Å². The first-order chi connectivity index (χ1) is 8.15. The topological polar surface area (TPSA) is 37.3 Å². The summed E-state index contributed by atoms with van der Waals surface area (Å²) in [7, 11) is 0. The minimum atomic E-state index is -0.468. The molecule has 17 heavy (non-hydrogen) atoms. The Morgan fingerprint density at radius 1 is 1.47 bits per heavy atom. The second-order valence-electron chi connectivity index (χ2n) is 4.21. The lowest BCUT2D eigenvalue weighted by atomic mass is 10.0. The van der Waals surface area contributed by atoms with Crippen LogP contribution in [-0.2, 0) is 4.79 Å². The normalized spacial score (nSPS) is 21.1. The quantitative estimate of drug-likeness (QED) is 0.814. The van der Waals surface area contributed by atoms with Crippen LogP contribution in [0.1, 0.15) is 33.1 Å². The summed E-state index contributed by atoms with van der Waals surface area (Å²) in [6.07, 6.45) is 2.60. The summed E-state index contributed by atoms with van der Waals surface area (Å²) in [6.45, 7) is 3.81. The lowest BCUT2D eigenvalue weighted by molar-refractivity contribution is -0.117. The Hall–Kier alpha value is 0.680. The largest absolute Gasteiger partial charge is 0.392 e. The van der Waals surface area contributed by atoms with E-state index in [2.05, 4.69) is 0 Å². The third-order valence-corrected chi connectivity index (χ3v) is 6.86. The van der Waals surface area contributed by atoms with Gasteiger partial charge in [0, 0.05) is 0 Å². The maximum absolute atomic E-state index is 11.6. The van der Waals surface area contributed by atoms with Crippen LogP contribution in [0, 0.1) is 5.92 Å². The number of carbonyl (C=O) groups is 1. The summed E-state index contributed by atoms with van der Waals surface area (Å²) < 4.78 is 0.625. The molecule has 2 nitrogen and oxygen atoms in total. The highest BCUT2D eigenvalue weighted by molar-refractivity contribution is 8.17. The zero-order valence-electron chi connectivity index (χ0n) is 10.6. The van der Waals surface area contributed by atoms with Gasteiger partial charge in [0.15, 0.2) is 5.12 Å². The Morgan fingerprint density at radius 2 is 2.12 bits per heavy atom. The van der Waals surface area contributed by atoms with Crippen LogP contribution in [0.2, 0.25) is 0 Å². The van der Waals surface area contributed by atoms with E-state index in [4.69, 9.17) is 0 Å². The molecule has 1 heterocycles. The average molecular weight is 295 g/mol. The highest BCUT2D eigenvalue weighted by Gasteiger charge is 2.23. The molecule has 1 rings (SSSR count). The second-order valence-corrected chi connectivity index (χ2v) is 8.40. The summed E-state index contributed by atoms with van der Waals surface area (Å²) in [6, 6.07) is 0. The van der Waals surface area contributed by atoms with Crippen LogP contribution < -0.4 is 0 Å². The van der Waals surface area contributed by atoms with Crippen molar-refractivity contribution in [3.8, 4) is 0 Å². The van der Waals surface area contributed by atoms with Crippen molar-refractivity contribution in [1.29, 1.82) is 0 Å². The summed E-state index contributed by atoms with van der Waals surface area (Å²) in [5.41, 5.74) is 0. The van der Waals surface area contributed by atoms with Gasteiger partial charge in [-0.25, -0.2) is 0 Å². The molecule has 0 saturated carbocycles. The van der Waals surface area contributed by atoms with Crippen LogP contribution in [0.25, 0.3) is 0 Å². The maximum atomic E-state index is 11.6. The minimum Gasteiger partial charge on any atom is -0.392 e. The molecule has 100 valence electrons. The lowest BCUT2D eigenvalue weighted by Gasteiger charge is -2.23. The van der Waals surface area contributed by atoms with Crippen molar-refractivity contribution in [3.63, 3.8) is 0 Å². The van der Waals surface area contributed by atoms with Crippen LogP contribution >= 0.6 is 35.3 Å². The number of hydrogen-bond acceptors (Lipinski definition) is 5. The molecule has 1 saturated heterocycles. The number of aliphatic hydroxyl groups is 1. The number of carbonyl (C=O) groups excluding carboxylic acids is 1. The van der Waals surface area contributed by atoms with Crippen molar-refractivity contribution >= 4 is 40.4 Å². The fourth-order valence-electron chi connectivity index (χ4n) is 1.69. The van der Waals surface area contributed by atoms with Crippen molar-refractivity contribution in [2.24, 2.45) is 5.92 Å².